The molecule has 1 heterocycles. The number of methoxy groups -OCH3 is 1. The molecule has 1 aliphatic rings. The largest absolute Gasteiger partial charge is 0.496 e. The van der Waals surface area contributed by atoms with Crippen molar-refractivity contribution in [3.8, 4) is 5.75 Å². The van der Waals surface area contributed by atoms with Crippen molar-refractivity contribution < 1.29 is 13.2 Å². The lowest BCUT2D eigenvalue weighted by Crippen LogP contribution is -2.49. The molecule has 0 spiro atoms. The van der Waals surface area contributed by atoms with E-state index in [2.05, 4.69) is 30.0 Å². The molecule has 0 atom stereocenters. The zero-order valence-electron chi connectivity index (χ0n) is 16.7. The first-order valence-corrected chi connectivity index (χ1v) is 10.7. The van der Waals surface area contributed by atoms with Crippen LogP contribution < -0.4 is 9.64 Å². The predicted molar refractivity (Wildman–Crippen MR) is 109 cm³/mol. The van der Waals surface area contributed by atoms with Crippen LogP contribution in [0.25, 0.3) is 0 Å². The molecule has 3 rings (SSSR count). The lowest BCUT2D eigenvalue weighted by molar-refractivity contribution is 0.384. The lowest BCUT2D eigenvalue weighted by atomic mass is 10.1. The molecule has 0 saturated carbocycles. The van der Waals surface area contributed by atoms with E-state index in [1.54, 1.807) is 11.4 Å². The van der Waals surface area contributed by atoms with E-state index < -0.39 is 10.0 Å². The van der Waals surface area contributed by atoms with Gasteiger partial charge in [-0.2, -0.15) is 4.31 Å². The molecule has 0 radical (unpaired) electrons. The summed E-state index contributed by atoms with van der Waals surface area (Å²) in [5.74, 6) is 0.730. The van der Waals surface area contributed by atoms with Crippen LogP contribution in [0.15, 0.2) is 35.2 Å². The average Bonchev–Trinajstić information content (AvgIpc) is 2.64. The molecule has 1 fully saturated rings. The van der Waals surface area contributed by atoms with Gasteiger partial charge in [-0.25, -0.2) is 8.42 Å². The Hall–Kier alpha value is -2.05. The van der Waals surface area contributed by atoms with Crippen molar-refractivity contribution in [1.29, 1.82) is 0 Å². The highest BCUT2D eigenvalue weighted by atomic mass is 32.2. The van der Waals surface area contributed by atoms with E-state index in [4.69, 9.17) is 4.74 Å². The van der Waals surface area contributed by atoms with Gasteiger partial charge in [0.2, 0.25) is 10.0 Å². The standard InChI is InChI=1S/C21H28N2O3S/c1-15-7-6-8-19(13-15)22-9-11-23(12-10-22)27(24,25)21-16(2)14-20(26-5)17(3)18(21)4/h6-8,13-14H,9-12H2,1-5H3. The average molecular weight is 389 g/mol. The minimum Gasteiger partial charge on any atom is -0.496 e. The first-order valence-electron chi connectivity index (χ1n) is 9.22. The zero-order chi connectivity index (χ0) is 19.8. The van der Waals surface area contributed by atoms with Crippen LogP contribution in [-0.2, 0) is 10.0 Å². The van der Waals surface area contributed by atoms with Crippen LogP contribution in [0.2, 0.25) is 0 Å². The Kier molecular flexibility index (Phi) is 5.49. The SMILES string of the molecule is COc1cc(C)c(S(=O)(=O)N2CCN(c3cccc(C)c3)CC2)c(C)c1C. The summed E-state index contributed by atoms with van der Waals surface area (Å²) in [5.41, 5.74) is 4.74. The number of benzene rings is 2. The van der Waals surface area contributed by atoms with Crippen molar-refractivity contribution in [2.45, 2.75) is 32.6 Å². The topological polar surface area (TPSA) is 49.9 Å². The Morgan fingerprint density at radius 3 is 2.19 bits per heavy atom. The van der Waals surface area contributed by atoms with Gasteiger partial charge in [-0.15, -0.1) is 0 Å². The molecule has 2 aromatic rings. The normalized spacial score (nSPS) is 15.8. The third kappa shape index (κ3) is 3.69. The number of aryl methyl sites for hydroxylation is 2. The van der Waals surface area contributed by atoms with Crippen LogP contribution in [0.1, 0.15) is 22.3 Å². The Morgan fingerprint density at radius 1 is 0.926 bits per heavy atom. The van der Waals surface area contributed by atoms with Gasteiger partial charge in [-0.1, -0.05) is 12.1 Å². The maximum absolute atomic E-state index is 13.3. The van der Waals surface area contributed by atoms with E-state index in [-0.39, 0.29) is 0 Å². The molecule has 146 valence electrons. The van der Waals surface area contributed by atoms with Gasteiger partial charge in [-0.05, 0) is 68.1 Å². The first kappa shape index (κ1) is 19.7. The van der Waals surface area contributed by atoms with Crippen molar-refractivity contribution in [3.05, 3.63) is 52.6 Å². The van der Waals surface area contributed by atoms with Gasteiger partial charge < -0.3 is 9.64 Å². The van der Waals surface area contributed by atoms with Crippen LogP contribution in [0.4, 0.5) is 5.69 Å². The van der Waals surface area contributed by atoms with E-state index in [0.717, 1.165) is 28.1 Å². The summed E-state index contributed by atoms with van der Waals surface area (Å²) in [4.78, 5) is 2.67. The molecule has 1 aliphatic heterocycles. The molecule has 5 nitrogen and oxygen atoms in total. The number of hydrogen-bond donors (Lipinski definition) is 0. The highest BCUT2D eigenvalue weighted by molar-refractivity contribution is 7.89. The Morgan fingerprint density at radius 2 is 1.59 bits per heavy atom. The minimum atomic E-state index is -3.53. The number of piperazine rings is 1. The third-order valence-electron chi connectivity index (χ3n) is 5.40. The highest BCUT2D eigenvalue weighted by Crippen LogP contribution is 2.33. The molecule has 2 aromatic carbocycles. The monoisotopic (exact) mass is 388 g/mol. The molecule has 0 unspecified atom stereocenters. The summed E-state index contributed by atoms with van der Waals surface area (Å²) in [7, 11) is -1.92. The quantitative estimate of drug-likeness (QED) is 0.805. The number of sulfonamides is 1. The fourth-order valence-corrected chi connectivity index (χ4v) is 5.68. The van der Waals surface area contributed by atoms with Crippen LogP contribution >= 0.6 is 0 Å². The van der Waals surface area contributed by atoms with Gasteiger partial charge in [0, 0.05) is 31.9 Å². The number of nitrogens with zero attached hydrogens (tertiary/aromatic N) is 2. The zero-order valence-corrected chi connectivity index (χ0v) is 17.6. The van der Waals surface area contributed by atoms with Crippen molar-refractivity contribution in [2.75, 3.05) is 38.2 Å². The second-order valence-electron chi connectivity index (χ2n) is 7.20. The maximum atomic E-state index is 13.3. The van der Waals surface area contributed by atoms with E-state index >= 15 is 0 Å². The summed E-state index contributed by atoms with van der Waals surface area (Å²) < 4.78 is 33.7. The van der Waals surface area contributed by atoms with E-state index in [1.165, 1.54) is 5.56 Å². The van der Waals surface area contributed by atoms with Crippen molar-refractivity contribution in [3.63, 3.8) is 0 Å². The van der Waals surface area contributed by atoms with Crippen LogP contribution in [0.3, 0.4) is 0 Å². The van der Waals surface area contributed by atoms with Crippen LogP contribution in [0.5, 0.6) is 5.75 Å². The van der Waals surface area contributed by atoms with Crippen LogP contribution in [-0.4, -0.2) is 46.0 Å². The molecule has 0 bridgehead atoms. The second-order valence-corrected chi connectivity index (χ2v) is 9.08. The number of hydrogen-bond acceptors (Lipinski definition) is 4. The fraction of sp³-hybridized carbons (Fsp3) is 0.429. The summed E-state index contributed by atoms with van der Waals surface area (Å²) in [6, 6.07) is 10.2. The molecule has 0 amide bonds. The number of anilines is 1. The summed E-state index contributed by atoms with van der Waals surface area (Å²) in [6.07, 6.45) is 0. The van der Waals surface area contributed by atoms with Gasteiger partial charge in [0.1, 0.15) is 5.75 Å². The number of ether oxygens (including phenoxy) is 1. The number of rotatable bonds is 4. The molecule has 6 heteroatoms. The predicted octanol–water partition coefficient (Wildman–Crippen LogP) is 3.44. The maximum Gasteiger partial charge on any atom is 0.243 e. The molecule has 1 saturated heterocycles. The van der Waals surface area contributed by atoms with Gasteiger partial charge in [0.05, 0.1) is 12.0 Å². The third-order valence-corrected chi connectivity index (χ3v) is 7.59. The van der Waals surface area contributed by atoms with Gasteiger partial charge in [-0.3, -0.25) is 0 Å². The fourth-order valence-electron chi connectivity index (χ4n) is 3.77. The van der Waals surface area contributed by atoms with E-state index in [9.17, 15) is 8.42 Å². The molecule has 0 aliphatic carbocycles. The minimum absolute atomic E-state index is 0.421. The molecule has 0 aromatic heterocycles. The van der Waals surface area contributed by atoms with Crippen molar-refractivity contribution >= 4 is 15.7 Å². The van der Waals surface area contributed by atoms with Crippen molar-refractivity contribution in [2.24, 2.45) is 0 Å². The smallest absolute Gasteiger partial charge is 0.243 e. The van der Waals surface area contributed by atoms with Gasteiger partial charge in [0.15, 0.2) is 0 Å². The second kappa shape index (κ2) is 7.52. The van der Waals surface area contributed by atoms with E-state index in [0.29, 0.717) is 31.1 Å². The highest BCUT2D eigenvalue weighted by Gasteiger charge is 2.32. The Labute approximate surface area is 162 Å². The first-order chi connectivity index (χ1) is 12.8. The van der Waals surface area contributed by atoms with Gasteiger partial charge in [0.25, 0.3) is 0 Å². The summed E-state index contributed by atoms with van der Waals surface area (Å²) in [5, 5.41) is 0. The van der Waals surface area contributed by atoms with Crippen LogP contribution in [0, 0.1) is 27.7 Å². The van der Waals surface area contributed by atoms with Crippen molar-refractivity contribution in [1.82, 2.24) is 4.31 Å². The lowest BCUT2D eigenvalue weighted by Gasteiger charge is -2.36. The Balaban J connectivity index is 1.85. The van der Waals surface area contributed by atoms with Gasteiger partial charge >= 0.3 is 0 Å². The molecular formula is C21H28N2O3S. The summed E-state index contributed by atoms with van der Waals surface area (Å²) in [6.45, 7) is 10.0. The molecule has 0 N–H and O–H groups in total. The van der Waals surface area contributed by atoms with E-state index in [1.807, 2.05) is 32.9 Å². The molecule has 27 heavy (non-hydrogen) atoms. The Bertz CT molecular complexity index is 946. The summed E-state index contributed by atoms with van der Waals surface area (Å²) >= 11 is 0. The molecular weight excluding hydrogens is 360 g/mol.